The molecule has 0 N–H and O–H groups in total. The predicted octanol–water partition coefficient (Wildman–Crippen LogP) is 6.42. The van der Waals surface area contributed by atoms with Crippen molar-refractivity contribution >= 4 is 5.57 Å². The molecule has 0 unspecified atom stereocenters. The van der Waals surface area contributed by atoms with Crippen molar-refractivity contribution in [2.24, 2.45) is 0 Å². The Morgan fingerprint density at radius 2 is 1.60 bits per heavy atom. The van der Waals surface area contributed by atoms with Gasteiger partial charge >= 0.3 is 0 Å². The highest BCUT2D eigenvalue weighted by Crippen LogP contribution is 2.49. The molecule has 1 aromatic carbocycles. The van der Waals surface area contributed by atoms with Gasteiger partial charge in [0.15, 0.2) is 0 Å². The maximum atomic E-state index is 2.55. The van der Waals surface area contributed by atoms with E-state index >= 15 is 0 Å². The molecule has 0 heteroatoms. The third kappa shape index (κ3) is 3.00. The summed E-state index contributed by atoms with van der Waals surface area (Å²) in [6.45, 7) is 8.85. The second-order valence-electron chi connectivity index (χ2n) is 6.59. The number of hydrogen-bond donors (Lipinski definition) is 0. The topological polar surface area (TPSA) is 0 Å². The molecule has 1 fully saturated rings. The minimum atomic E-state index is 0.406. The average Bonchev–Trinajstić information content (AvgIpc) is 2.72. The fraction of sp³-hybridized carbons (Fsp3) is 0.600. The summed E-state index contributed by atoms with van der Waals surface area (Å²) in [5.41, 5.74) is 6.44. The molecule has 0 nitrogen and oxygen atoms in total. The predicted molar refractivity (Wildman–Crippen MR) is 90.2 cm³/mol. The number of aryl methyl sites for hydroxylation is 1. The molecule has 1 aromatic rings. The van der Waals surface area contributed by atoms with E-state index in [2.05, 4.69) is 52.0 Å². The number of unbranched alkanes of at least 4 members (excludes halogenated alkanes) is 1. The molecule has 110 valence electrons. The summed E-state index contributed by atoms with van der Waals surface area (Å²) in [6.07, 6.45) is 12.1. The zero-order valence-electron chi connectivity index (χ0n) is 13.8. The summed E-state index contributed by atoms with van der Waals surface area (Å²) in [4.78, 5) is 0. The van der Waals surface area contributed by atoms with Crippen molar-refractivity contribution in [1.82, 2.24) is 0 Å². The van der Waals surface area contributed by atoms with E-state index in [9.17, 15) is 0 Å². The minimum Gasteiger partial charge on any atom is -0.0704 e. The van der Waals surface area contributed by atoms with Gasteiger partial charge in [0.2, 0.25) is 0 Å². The Hall–Kier alpha value is -1.04. The zero-order chi connectivity index (χ0) is 14.6. The molecular weight excluding hydrogens is 240 g/mol. The average molecular weight is 270 g/mol. The van der Waals surface area contributed by atoms with E-state index in [1.165, 1.54) is 61.6 Å². The van der Waals surface area contributed by atoms with Gasteiger partial charge in [0, 0.05) is 5.41 Å². The Bertz CT molecular complexity index is 471. The first-order valence-electron chi connectivity index (χ1n) is 8.44. The number of hydrogen-bond acceptors (Lipinski definition) is 0. The molecule has 0 amide bonds. The normalized spacial score (nSPS) is 19.1. The van der Waals surface area contributed by atoms with Crippen LogP contribution in [0.5, 0.6) is 0 Å². The van der Waals surface area contributed by atoms with E-state index in [0.717, 1.165) is 0 Å². The lowest BCUT2D eigenvalue weighted by atomic mass is 9.71. The van der Waals surface area contributed by atoms with Gasteiger partial charge in [-0.2, -0.15) is 0 Å². The molecule has 0 aliphatic heterocycles. The van der Waals surface area contributed by atoms with Crippen molar-refractivity contribution in [3.8, 4) is 0 Å². The van der Waals surface area contributed by atoms with E-state index in [1.54, 1.807) is 5.56 Å². The molecule has 1 spiro atoms. The molecule has 3 rings (SSSR count). The molecule has 0 radical (unpaired) electrons. The molecular formula is C20H30. The van der Waals surface area contributed by atoms with Crippen LogP contribution in [0.4, 0.5) is 0 Å². The molecule has 0 bridgehead atoms. The van der Waals surface area contributed by atoms with Gasteiger partial charge in [0.05, 0.1) is 0 Å². The second-order valence-corrected chi connectivity index (χ2v) is 6.59. The van der Waals surface area contributed by atoms with Gasteiger partial charge < -0.3 is 0 Å². The van der Waals surface area contributed by atoms with E-state index in [0.29, 0.717) is 5.41 Å². The molecule has 0 atom stereocenters. The first-order chi connectivity index (χ1) is 9.63. The zero-order valence-corrected chi connectivity index (χ0v) is 13.8. The fourth-order valence-corrected chi connectivity index (χ4v) is 3.58. The van der Waals surface area contributed by atoms with Crippen molar-refractivity contribution in [3.63, 3.8) is 0 Å². The Balaban J connectivity index is 0.000000328. The summed E-state index contributed by atoms with van der Waals surface area (Å²) >= 11 is 0. The van der Waals surface area contributed by atoms with Gasteiger partial charge in [-0.05, 0) is 43.4 Å². The standard InChI is InChI=1S/C16H20.C4H10/c1-12-6-7-14-13(2)11-16(15(14)10-12)8-4-3-5-9-16;1-3-4-2/h6-7,10-11H,3-5,8-9H2,1-2H3;3-4H2,1-2H3. The lowest BCUT2D eigenvalue weighted by molar-refractivity contribution is 0.361. The maximum Gasteiger partial charge on any atom is 0.0144 e. The quantitative estimate of drug-likeness (QED) is 0.552. The summed E-state index contributed by atoms with van der Waals surface area (Å²) in [6, 6.07) is 6.99. The summed E-state index contributed by atoms with van der Waals surface area (Å²) in [7, 11) is 0. The van der Waals surface area contributed by atoms with Crippen LogP contribution in [-0.4, -0.2) is 0 Å². The van der Waals surface area contributed by atoms with Gasteiger partial charge in [0.1, 0.15) is 0 Å². The molecule has 0 heterocycles. The van der Waals surface area contributed by atoms with Gasteiger partial charge in [0.25, 0.3) is 0 Å². The van der Waals surface area contributed by atoms with Crippen LogP contribution < -0.4 is 0 Å². The molecule has 1 saturated carbocycles. The van der Waals surface area contributed by atoms with Crippen LogP contribution in [0.15, 0.2) is 24.3 Å². The lowest BCUT2D eigenvalue weighted by Crippen LogP contribution is -2.24. The molecule has 0 saturated heterocycles. The van der Waals surface area contributed by atoms with Gasteiger partial charge in [-0.3, -0.25) is 0 Å². The maximum absolute atomic E-state index is 2.55. The van der Waals surface area contributed by atoms with Crippen LogP contribution in [0.3, 0.4) is 0 Å². The van der Waals surface area contributed by atoms with Crippen LogP contribution in [0.2, 0.25) is 0 Å². The number of benzene rings is 1. The summed E-state index contributed by atoms with van der Waals surface area (Å²) in [5, 5.41) is 0. The Kier molecular flexibility index (Phi) is 5.07. The number of rotatable bonds is 1. The second kappa shape index (κ2) is 6.61. The van der Waals surface area contributed by atoms with Crippen molar-refractivity contribution < 1.29 is 0 Å². The van der Waals surface area contributed by atoms with Crippen LogP contribution in [0.25, 0.3) is 5.57 Å². The monoisotopic (exact) mass is 270 g/mol. The lowest BCUT2D eigenvalue weighted by Gasteiger charge is -2.33. The van der Waals surface area contributed by atoms with Crippen LogP contribution in [0, 0.1) is 6.92 Å². The van der Waals surface area contributed by atoms with Crippen LogP contribution in [-0.2, 0) is 5.41 Å². The smallest absolute Gasteiger partial charge is 0.0144 e. The SMILES string of the molecule is CC1=CC2(CCCCC2)c2cc(C)ccc21.CCCC. The highest BCUT2D eigenvalue weighted by molar-refractivity contribution is 5.75. The highest BCUT2D eigenvalue weighted by Gasteiger charge is 2.37. The molecule has 2 aliphatic carbocycles. The Labute approximate surface area is 125 Å². The third-order valence-corrected chi connectivity index (χ3v) is 4.87. The number of allylic oxidation sites excluding steroid dienone is 2. The van der Waals surface area contributed by atoms with Crippen molar-refractivity contribution in [2.45, 2.75) is 78.1 Å². The Morgan fingerprint density at radius 3 is 2.20 bits per heavy atom. The van der Waals surface area contributed by atoms with Gasteiger partial charge in [-0.15, -0.1) is 0 Å². The summed E-state index contributed by atoms with van der Waals surface area (Å²) < 4.78 is 0. The van der Waals surface area contributed by atoms with E-state index in [-0.39, 0.29) is 0 Å². The first-order valence-corrected chi connectivity index (χ1v) is 8.44. The molecule has 20 heavy (non-hydrogen) atoms. The molecule has 2 aliphatic rings. The fourth-order valence-electron chi connectivity index (χ4n) is 3.58. The van der Waals surface area contributed by atoms with Gasteiger partial charge in [-0.25, -0.2) is 0 Å². The van der Waals surface area contributed by atoms with Crippen LogP contribution >= 0.6 is 0 Å². The molecule has 0 aromatic heterocycles. The third-order valence-electron chi connectivity index (χ3n) is 4.87. The largest absolute Gasteiger partial charge is 0.0704 e. The Morgan fingerprint density at radius 1 is 0.950 bits per heavy atom. The summed E-state index contributed by atoms with van der Waals surface area (Å²) in [5.74, 6) is 0. The number of fused-ring (bicyclic) bond motifs is 2. The minimum absolute atomic E-state index is 0.406. The van der Waals surface area contributed by atoms with Crippen LogP contribution in [0.1, 0.15) is 82.4 Å². The first kappa shape index (κ1) is 15.4. The highest BCUT2D eigenvalue weighted by atomic mass is 14.4. The van der Waals surface area contributed by atoms with E-state index in [4.69, 9.17) is 0 Å². The van der Waals surface area contributed by atoms with Crippen molar-refractivity contribution in [1.29, 1.82) is 0 Å². The van der Waals surface area contributed by atoms with Crippen molar-refractivity contribution in [2.75, 3.05) is 0 Å². The van der Waals surface area contributed by atoms with E-state index in [1.807, 2.05) is 0 Å². The van der Waals surface area contributed by atoms with Crippen molar-refractivity contribution in [3.05, 3.63) is 41.0 Å². The van der Waals surface area contributed by atoms with Gasteiger partial charge in [-0.1, -0.05) is 75.8 Å². The van der Waals surface area contributed by atoms with E-state index < -0.39 is 0 Å².